The molecule has 0 atom stereocenters. The topological polar surface area (TPSA) is 82.6 Å². The number of piperidine rings is 2. The number of carbonyl (C=O) groups excluding carboxylic acids is 1. The largest absolute Gasteiger partial charge is 0.497 e. The highest BCUT2D eigenvalue weighted by Gasteiger charge is 2.43. The van der Waals surface area contributed by atoms with E-state index in [1.54, 1.807) is 13.3 Å². The van der Waals surface area contributed by atoms with Gasteiger partial charge in [0.25, 0.3) is 5.91 Å². The lowest BCUT2D eigenvalue weighted by atomic mass is 9.98. The Hall–Kier alpha value is -2.46. The molecule has 34 heavy (non-hydrogen) atoms. The molecule has 9 heteroatoms. The van der Waals surface area contributed by atoms with Crippen molar-refractivity contribution in [2.45, 2.75) is 37.3 Å². The molecule has 4 aliphatic rings. The standard InChI is InChI=1S/C25H31N3O6/c1-30-18-2-3-21-19(16-18)22(27-8-4-24(5-9-27)31-12-13-32-24)20(17-26-21)23(29)28-10-6-25(7-11-28)33-14-15-34-25/h2-3,16-17H,4-15H2,1H3. The van der Waals surface area contributed by atoms with Gasteiger partial charge in [-0.25, -0.2) is 0 Å². The minimum atomic E-state index is -0.517. The molecule has 4 fully saturated rings. The average Bonchev–Trinajstić information content (AvgIpc) is 3.54. The van der Waals surface area contributed by atoms with Crippen molar-refractivity contribution in [1.82, 2.24) is 9.88 Å². The van der Waals surface area contributed by atoms with Crippen LogP contribution in [0, 0.1) is 0 Å². The summed E-state index contributed by atoms with van der Waals surface area (Å²) in [5, 5.41) is 0.922. The zero-order chi connectivity index (χ0) is 23.2. The first-order chi connectivity index (χ1) is 16.6. The van der Waals surface area contributed by atoms with E-state index in [2.05, 4.69) is 9.88 Å². The number of nitrogens with zero attached hydrogens (tertiary/aromatic N) is 3. The third-order valence-corrected chi connectivity index (χ3v) is 7.56. The second-order valence-corrected chi connectivity index (χ2v) is 9.40. The third-order valence-electron chi connectivity index (χ3n) is 7.56. The SMILES string of the molecule is COc1ccc2ncc(C(=O)N3CCC4(CC3)OCCO4)c(N3CCC4(CC3)OCCO4)c2c1. The first-order valence-electron chi connectivity index (χ1n) is 12.2. The van der Waals surface area contributed by atoms with E-state index in [-0.39, 0.29) is 5.91 Å². The number of fused-ring (bicyclic) bond motifs is 1. The van der Waals surface area contributed by atoms with Crippen LogP contribution in [-0.4, -0.2) is 87.1 Å². The molecule has 1 aromatic heterocycles. The summed E-state index contributed by atoms with van der Waals surface area (Å²) in [4.78, 5) is 22.6. The number of amides is 1. The molecule has 0 N–H and O–H groups in total. The van der Waals surface area contributed by atoms with Crippen LogP contribution < -0.4 is 9.64 Å². The molecule has 0 bridgehead atoms. The van der Waals surface area contributed by atoms with Crippen molar-refractivity contribution >= 4 is 22.5 Å². The lowest BCUT2D eigenvalue weighted by Gasteiger charge is -2.40. The molecular weight excluding hydrogens is 438 g/mol. The van der Waals surface area contributed by atoms with Crippen molar-refractivity contribution in [3.8, 4) is 5.75 Å². The fourth-order valence-corrected chi connectivity index (χ4v) is 5.65. The molecule has 1 amide bonds. The third kappa shape index (κ3) is 3.80. The van der Waals surface area contributed by atoms with E-state index < -0.39 is 11.6 Å². The first kappa shape index (κ1) is 22.0. The normalized spacial score (nSPS) is 23.8. The minimum Gasteiger partial charge on any atom is -0.497 e. The number of rotatable bonds is 3. The molecule has 2 spiro atoms. The predicted octanol–water partition coefficient (Wildman–Crippen LogP) is 2.57. The molecule has 9 nitrogen and oxygen atoms in total. The van der Waals surface area contributed by atoms with Crippen molar-refractivity contribution in [2.24, 2.45) is 0 Å². The van der Waals surface area contributed by atoms with Crippen LogP contribution in [0.4, 0.5) is 5.69 Å². The summed E-state index contributed by atoms with van der Waals surface area (Å²) in [5.74, 6) is -0.263. The van der Waals surface area contributed by atoms with Crippen LogP contribution in [0.1, 0.15) is 36.0 Å². The van der Waals surface area contributed by atoms with Crippen molar-refractivity contribution < 1.29 is 28.5 Å². The first-order valence-corrected chi connectivity index (χ1v) is 12.2. The number of aromatic nitrogens is 1. The lowest BCUT2D eigenvalue weighted by molar-refractivity contribution is -0.181. The molecule has 0 radical (unpaired) electrons. The van der Waals surface area contributed by atoms with Crippen LogP contribution in [0.3, 0.4) is 0 Å². The minimum absolute atomic E-state index is 0.00581. The van der Waals surface area contributed by atoms with Gasteiger partial charge in [-0.15, -0.1) is 0 Å². The number of carbonyl (C=O) groups is 1. The Labute approximate surface area is 198 Å². The van der Waals surface area contributed by atoms with Crippen molar-refractivity contribution in [1.29, 1.82) is 0 Å². The molecule has 2 aromatic rings. The van der Waals surface area contributed by atoms with Crippen LogP contribution in [0.25, 0.3) is 10.9 Å². The lowest BCUT2D eigenvalue weighted by Crippen LogP contribution is -2.48. The maximum Gasteiger partial charge on any atom is 0.257 e. The second-order valence-electron chi connectivity index (χ2n) is 9.40. The van der Waals surface area contributed by atoms with Crippen molar-refractivity contribution in [3.05, 3.63) is 30.0 Å². The summed E-state index contributed by atoms with van der Waals surface area (Å²) in [7, 11) is 1.65. The maximum absolute atomic E-state index is 13.8. The Balaban J connectivity index is 1.33. The van der Waals surface area contributed by atoms with Gasteiger partial charge in [-0.2, -0.15) is 0 Å². The average molecular weight is 470 g/mol. The summed E-state index contributed by atoms with van der Waals surface area (Å²) in [6.45, 7) is 5.20. The fourth-order valence-electron chi connectivity index (χ4n) is 5.65. The smallest absolute Gasteiger partial charge is 0.257 e. The van der Waals surface area contributed by atoms with Gasteiger partial charge in [0.1, 0.15) is 5.75 Å². The number of benzene rings is 1. The van der Waals surface area contributed by atoms with E-state index in [0.29, 0.717) is 57.9 Å². The van der Waals surface area contributed by atoms with Crippen LogP contribution in [0.5, 0.6) is 5.75 Å². The predicted molar refractivity (Wildman–Crippen MR) is 124 cm³/mol. The van der Waals surface area contributed by atoms with E-state index in [1.165, 1.54) is 0 Å². The van der Waals surface area contributed by atoms with Crippen molar-refractivity contribution in [2.75, 3.05) is 64.6 Å². The zero-order valence-electron chi connectivity index (χ0n) is 19.6. The number of pyridine rings is 1. The van der Waals surface area contributed by atoms with Gasteiger partial charge in [0.05, 0.1) is 50.3 Å². The van der Waals surface area contributed by atoms with Crippen molar-refractivity contribution in [3.63, 3.8) is 0 Å². The van der Waals surface area contributed by atoms with Gasteiger partial charge in [-0.3, -0.25) is 9.78 Å². The molecule has 5 heterocycles. The summed E-state index contributed by atoms with van der Waals surface area (Å²) >= 11 is 0. The van der Waals surface area contributed by atoms with Gasteiger partial charge in [0.2, 0.25) is 0 Å². The Kier molecular flexibility index (Phi) is 5.60. The van der Waals surface area contributed by atoms with E-state index in [1.807, 2.05) is 23.1 Å². The molecule has 182 valence electrons. The fraction of sp³-hybridized carbons (Fsp3) is 0.600. The maximum atomic E-state index is 13.8. The molecule has 4 saturated heterocycles. The molecule has 6 rings (SSSR count). The number of hydrogen-bond acceptors (Lipinski definition) is 8. The monoisotopic (exact) mass is 469 g/mol. The second kappa shape index (κ2) is 8.64. The number of hydrogen-bond donors (Lipinski definition) is 0. The molecule has 0 saturated carbocycles. The van der Waals surface area contributed by atoms with Gasteiger partial charge in [-0.05, 0) is 18.2 Å². The molecule has 0 unspecified atom stereocenters. The Morgan fingerprint density at radius 2 is 1.50 bits per heavy atom. The van der Waals surface area contributed by atoms with Crippen LogP contribution in [-0.2, 0) is 18.9 Å². The summed E-state index contributed by atoms with van der Waals surface area (Å²) in [6.07, 6.45) is 4.62. The molecule has 4 aliphatic heterocycles. The van der Waals surface area contributed by atoms with E-state index in [0.717, 1.165) is 48.3 Å². The van der Waals surface area contributed by atoms with Gasteiger partial charge in [0, 0.05) is 63.4 Å². The Morgan fingerprint density at radius 3 is 2.09 bits per heavy atom. The summed E-state index contributed by atoms with van der Waals surface area (Å²) < 4.78 is 29.0. The number of ether oxygens (including phenoxy) is 5. The Morgan fingerprint density at radius 1 is 0.912 bits per heavy atom. The summed E-state index contributed by atoms with van der Waals surface area (Å²) in [5.41, 5.74) is 2.37. The van der Waals surface area contributed by atoms with Crippen LogP contribution in [0.2, 0.25) is 0 Å². The zero-order valence-corrected chi connectivity index (χ0v) is 19.6. The highest BCUT2D eigenvalue weighted by atomic mass is 16.7. The van der Waals surface area contributed by atoms with Gasteiger partial charge in [0.15, 0.2) is 11.6 Å². The van der Waals surface area contributed by atoms with Gasteiger partial charge in [-0.1, -0.05) is 0 Å². The number of anilines is 1. The quantitative estimate of drug-likeness (QED) is 0.679. The van der Waals surface area contributed by atoms with Gasteiger partial charge < -0.3 is 33.5 Å². The van der Waals surface area contributed by atoms with E-state index >= 15 is 0 Å². The molecule has 0 aliphatic carbocycles. The molecular formula is C25H31N3O6. The Bertz CT molecular complexity index is 1060. The number of likely N-dealkylation sites (tertiary alicyclic amines) is 1. The van der Waals surface area contributed by atoms with Gasteiger partial charge >= 0.3 is 0 Å². The van der Waals surface area contributed by atoms with E-state index in [4.69, 9.17) is 23.7 Å². The number of methoxy groups -OCH3 is 1. The molecule has 1 aromatic carbocycles. The highest BCUT2D eigenvalue weighted by molar-refractivity contribution is 6.07. The summed E-state index contributed by atoms with van der Waals surface area (Å²) in [6, 6.07) is 5.82. The van der Waals surface area contributed by atoms with Crippen LogP contribution >= 0.6 is 0 Å². The van der Waals surface area contributed by atoms with E-state index in [9.17, 15) is 4.79 Å². The van der Waals surface area contributed by atoms with Crippen LogP contribution in [0.15, 0.2) is 24.4 Å². The highest BCUT2D eigenvalue weighted by Crippen LogP contribution is 2.39.